The van der Waals surface area contributed by atoms with Crippen LogP contribution < -0.4 is 5.48 Å². The minimum absolute atomic E-state index is 0.154. The van der Waals surface area contributed by atoms with Crippen molar-refractivity contribution in [3.8, 4) is 0 Å². The van der Waals surface area contributed by atoms with Gasteiger partial charge >= 0.3 is 6.18 Å². The molecule has 1 aromatic rings. The quantitative estimate of drug-likeness (QED) is 0.586. The molecule has 20 heavy (non-hydrogen) atoms. The maximum absolute atomic E-state index is 12.9. The fourth-order valence-electron chi connectivity index (χ4n) is 1.56. The van der Waals surface area contributed by atoms with Crippen molar-refractivity contribution in [2.75, 3.05) is 6.61 Å². The summed E-state index contributed by atoms with van der Waals surface area (Å²) in [5.41, 5.74) is 2.15. The van der Waals surface area contributed by atoms with Crippen molar-refractivity contribution < 1.29 is 18.0 Å². The molecular formula is C14H18F3NOS. The van der Waals surface area contributed by atoms with Gasteiger partial charge in [0.05, 0.1) is 18.2 Å². The number of rotatable bonds is 7. The number of hydrogen-bond donors (Lipinski definition) is 1. The maximum atomic E-state index is 12.9. The molecule has 0 bridgehead atoms. The van der Waals surface area contributed by atoms with Gasteiger partial charge in [-0.3, -0.25) is 0 Å². The van der Waals surface area contributed by atoms with Crippen LogP contribution in [0.3, 0.4) is 0 Å². The number of alkyl halides is 3. The monoisotopic (exact) mass is 305 g/mol. The molecule has 0 spiro atoms. The number of nitrogens with one attached hydrogen (secondary N) is 1. The largest absolute Gasteiger partial charge is 0.417 e. The molecule has 0 aromatic heterocycles. The van der Waals surface area contributed by atoms with E-state index in [1.54, 1.807) is 6.07 Å². The molecule has 0 aliphatic carbocycles. The van der Waals surface area contributed by atoms with Crippen molar-refractivity contribution in [1.29, 1.82) is 0 Å². The van der Waals surface area contributed by atoms with Crippen LogP contribution in [0.4, 0.5) is 13.2 Å². The molecule has 1 rings (SSSR count). The van der Waals surface area contributed by atoms with Crippen LogP contribution in [-0.4, -0.2) is 12.6 Å². The summed E-state index contributed by atoms with van der Waals surface area (Å²) in [6, 6.07) is 5.30. The van der Waals surface area contributed by atoms with E-state index in [1.807, 2.05) is 13.8 Å². The summed E-state index contributed by atoms with van der Waals surface area (Å²) in [5, 5.41) is 0. The topological polar surface area (TPSA) is 21.3 Å². The summed E-state index contributed by atoms with van der Waals surface area (Å²) in [5.74, 6) is 0. The first-order chi connectivity index (χ1) is 9.40. The van der Waals surface area contributed by atoms with Gasteiger partial charge in [0, 0.05) is 9.80 Å². The minimum atomic E-state index is -4.36. The molecule has 0 saturated heterocycles. The van der Waals surface area contributed by atoms with E-state index in [1.165, 1.54) is 12.1 Å². The fraction of sp³-hybridized carbons (Fsp3) is 0.429. The lowest BCUT2D eigenvalue weighted by Gasteiger charge is -2.20. The summed E-state index contributed by atoms with van der Waals surface area (Å²) >= 11 is 1.02. The molecule has 112 valence electrons. The minimum Gasteiger partial charge on any atom is -0.301 e. The Kier molecular flexibility index (Phi) is 6.58. The van der Waals surface area contributed by atoms with Crippen molar-refractivity contribution in [3.05, 3.63) is 41.3 Å². The maximum Gasteiger partial charge on any atom is 0.417 e. The van der Waals surface area contributed by atoms with Gasteiger partial charge in [-0.15, -0.1) is 0 Å². The molecule has 0 heterocycles. The number of hydrogen-bond acceptors (Lipinski definition) is 3. The molecule has 1 atom stereocenters. The van der Waals surface area contributed by atoms with E-state index < -0.39 is 11.7 Å². The second-order valence-electron chi connectivity index (χ2n) is 4.07. The highest BCUT2D eigenvalue weighted by Gasteiger charge is 2.33. The summed E-state index contributed by atoms with van der Waals surface area (Å²) in [6.45, 7) is 8.07. The Hall–Kier alpha value is -0.980. The summed E-state index contributed by atoms with van der Waals surface area (Å²) in [4.78, 5) is 5.85. The second kappa shape index (κ2) is 7.71. The van der Waals surface area contributed by atoms with Crippen LogP contribution in [0.5, 0.6) is 0 Å². The Morgan fingerprint density at radius 2 is 2.00 bits per heavy atom. The molecule has 1 unspecified atom stereocenters. The first kappa shape index (κ1) is 17.1. The van der Waals surface area contributed by atoms with Gasteiger partial charge in [-0.25, -0.2) is 0 Å². The van der Waals surface area contributed by atoms with Gasteiger partial charge in [-0.2, -0.15) is 18.7 Å². The molecular weight excluding hydrogens is 287 g/mol. The van der Waals surface area contributed by atoms with Crippen LogP contribution in [0, 0.1) is 0 Å². The smallest absolute Gasteiger partial charge is 0.301 e. The highest BCUT2D eigenvalue weighted by Crippen LogP contribution is 2.39. The zero-order valence-corrected chi connectivity index (χ0v) is 12.3. The van der Waals surface area contributed by atoms with Crippen molar-refractivity contribution in [2.45, 2.75) is 37.4 Å². The van der Waals surface area contributed by atoms with Crippen molar-refractivity contribution in [1.82, 2.24) is 5.48 Å². The molecule has 6 heteroatoms. The highest BCUT2D eigenvalue weighted by atomic mass is 32.2. The lowest BCUT2D eigenvalue weighted by molar-refractivity contribution is -0.139. The SMILES string of the molecule is C=C(Sc1ccccc1C(F)(F)F)C(CC)NOCC. The van der Waals surface area contributed by atoms with Gasteiger partial charge in [0.25, 0.3) is 0 Å². The first-order valence-electron chi connectivity index (χ1n) is 6.30. The Labute approximate surface area is 121 Å². The first-order valence-corrected chi connectivity index (χ1v) is 7.12. The van der Waals surface area contributed by atoms with Crippen LogP contribution in [0.15, 0.2) is 40.6 Å². The molecule has 0 radical (unpaired) electrons. The van der Waals surface area contributed by atoms with Gasteiger partial charge in [-0.1, -0.05) is 37.4 Å². The van der Waals surface area contributed by atoms with E-state index in [-0.39, 0.29) is 10.9 Å². The fourth-order valence-corrected chi connectivity index (χ4v) is 2.64. The molecule has 1 N–H and O–H groups in total. The van der Waals surface area contributed by atoms with Crippen LogP contribution in [0.1, 0.15) is 25.8 Å². The Morgan fingerprint density at radius 1 is 1.35 bits per heavy atom. The van der Waals surface area contributed by atoms with E-state index >= 15 is 0 Å². The van der Waals surface area contributed by atoms with Crippen LogP contribution >= 0.6 is 11.8 Å². The van der Waals surface area contributed by atoms with Crippen LogP contribution in [0.25, 0.3) is 0 Å². The van der Waals surface area contributed by atoms with Gasteiger partial charge in [0.1, 0.15) is 0 Å². The summed E-state index contributed by atoms with van der Waals surface area (Å²) in [7, 11) is 0. The van der Waals surface area contributed by atoms with Crippen molar-refractivity contribution in [3.63, 3.8) is 0 Å². The third kappa shape index (κ3) is 4.85. The zero-order valence-electron chi connectivity index (χ0n) is 11.5. The van der Waals surface area contributed by atoms with E-state index in [0.717, 1.165) is 17.8 Å². The van der Waals surface area contributed by atoms with Crippen LogP contribution in [0.2, 0.25) is 0 Å². The number of halogens is 3. The van der Waals surface area contributed by atoms with E-state index in [0.29, 0.717) is 17.9 Å². The van der Waals surface area contributed by atoms with Crippen LogP contribution in [-0.2, 0) is 11.0 Å². The molecule has 0 aliphatic heterocycles. The second-order valence-corrected chi connectivity index (χ2v) is 5.24. The number of thioether (sulfide) groups is 1. The average molecular weight is 305 g/mol. The Balaban J connectivity index is 2.85. The Morgan fingerprint density at radius 3 is 2.55 bits per heavy atom. The third-order valence-corrected chi connectivity index (χ3v) is 3.72. The molecule has 0 amide bonds. The predicted molar refractivity (Wildman–Crippen MR) is 75.3 cm³/mol. The lowest BCUT2D eigenvalue weighted by atomic mass is 10.2. The van der Waals surface area contributed by atoms with E-state index in [9.17, 15) is 13.2 Å². The summed E-state index contributed by atoms with van der Waals surface area (Å²) < 4.78 is 38.7. The molecule has 0 fully saturated rings. The molecule has 0 saturated carbocycles. The number of benzene rings is 1. The predicted octanol–water partition coefficient (Wildman–Crippen LogP) is 4.63. The van der Waals surface area contributed by atoms with Gasteiger partial charge in [0.15, 0.2) is 0 Å². The number of hydroxylamine groups is 1. The molecule has 1 aromatic carbocycles. The molecule has 2 nitrogen and oxygen atoms in total. The molecule has 0 aliphatic rings. The third-order valence-electron chi connectivity index (χ3n) is 2.60. The van der Waals surface area contributed by atoms with E-state index in [2.05, 4.69) is 12.1 Å². The summed E-state index contributed by atoms with van der Waals surface area (Å²) in [6.07, 6.45) is -3.68. The Bertz CT molecular complexity index is 448. The normalized spacial score (nSPS) is 13.2. The lowest BCUT2D eigenvalue weighted by Crippen LogP contribution is -2.29. The van der Waals surface area contributed by atoms with Gasteiger partial charge in [0.2, 0.25) is 0 Å². The van der Waals surface area contributed by atoms with Crippen molar-refractivity contribution in [2.24, 2.45) is 0 Å². The van der Waals surface area contributed by atoms with Gasteiger partial charge in [-0.05, 0) is 25.5 Å². The highest BCUT2D eigenvalue weighted by molar-refractivity contribution is 8.03. The standard InChI is InChI=1S/C14H18F3NOS/c1-4-12(18-19-5-2)10(3)20-13-9-7-6-8-11(13)14(15,16)17/h6-9,12,18H,3-5H2,1-2H3. The average Bonchev–Trinajstić information content (AvgIpc) is 2.39. The van der Waals surface area contributed by atoms with Gasteiger partial charge < -0.3 is 4.84 Å². The zero-order chi connectivity index (χ0) is 15.2. The van der Waals surface area contributed by atoms with Crippen molar-refractivity contribution >= 4 is 11.8 Å². The van der Waals surface area contributed by atoms with E-state index in [4.69, 9.17) is 4.84 Å².